The summed E-state index contributed by atoms with van der Waals surface area (Å²) in [6.07, 6.45) is 1.02. The lowest BCUT2D eigenvalue weighted by Crippen LogP contribution is -2.12. The monoisotopic (exact) mass is 273 g/mol. The van der Waals surface area contributed by atoms with E-state index in [1.165, 1.54) is 11.3 Å². The average Bonchev–Trinajstić information content (AvgIpc) is 2.73. The molecule has 2 N–H and O–H groups in total. The van der Waals surface area contributed by atoms with Gasteiger partial charge in [0.1, 0.15) is 12.4 Å². The predicted octanol–water partition coefficient (Wildman–Crippen LogP) is 2.60. The van der Waals surface area contributed by atoms with E-state index >= 15 is 0 Å². The molecule has 20 heavy (non-hydrogen) atoms. The molecule has 0 saturated carbocycles. The van der Waals surface area contributed by atoms with Crippen LogP contribution in [0.1, 0.15) is 29.4 Å². The summed E-state index contributed by atoms with van der Waals surface area (Å²) in [4.78, 5) is 0. The van der Waals surface area contributed by atoms with Gasteiger partial charge in [-0.05, 0) is 31.9 Å². The lowest BCUT2D eigenvalue weighted by atomic mass is 10.1. The number of hydrogen-bond donors (Lipinski definition) is 1. The average molecular weight is 273 g/mol. The Hall–Kier alpha value is -1.81. The molecule has 2 rings (SSSR count). The summed E-state index contributed by atoms with van der Waals surface area (Å²) < 4.78 is 7.86. The second kappa shape index (κ2) is 6.57. The van der Waals surface area contributed by atoms with Crippen molar-refractivity contribution >= 4 is 0 Å². The Kier molecular flexibility index (Phi) is 4.79. The zero-order chi connectivity index (χ0) is 14.5. The van der Waals surface area contributed by atoms with Crippen LogP contribution in [0.15, 0.2) is 24.3 Å². The molecule has 0 bridgehead atoms. The highest BCUT2D eigenvalue weighted by molar-refractivity contribution is 5.33. The molecule has 0 saturated heterocycles. The Morgan fingerprint density at radius 2 is 2.00 bits per heavy atom. The lowest BCUT2D eigenvalue weighted by Gasteiger charge is -2.11. The van der Waals surface area contributed by atoms with E-state index in [9.17, 15) is 0 Å². The Bertz CT molecular complexity index is 575. The van der Waals surface area contributed by atoms with Crippen LogP contribution in [0.3, 0.4) is 0 Å². The number of aromatic nitrogens is 2. The molecule has 1 heterocycles. The Morgan fingerprint density at radius 1 is 1.25 bits per heavy atom. The van der Waals surface area contributed by atoms with Gasteiger partial charge < -0.3 is 10.5 Å². The number of nitrogens with zero attached hydrogens (tertiary/aromatic N) is 2. The molecule has 108 valence electrons. The summed E-state index contributed by atoms with van der Waals surface area (Å²) in [5.74, 6) is 0.868. The minimum absolute atomic E-state index is 0.496. The van der Waals surface area contributed by atoms with Gasteiger partial charge in [-0.15, -0.1) is 0 Å². The van der Waals surface area contributed by atoms with Crippen molar-refractivity contribution in [3.05, 3.63) is 46.8 Å². The number of rotatable bonds is 6. The molecule has 2 aromatic rings. The van der Waals surface area contributed by atoms with Crippen LogP contribution in [0.25, 0.3) is 0 Å². The summed E-state index contributed by atoms with van der Waals surface area (Å²) in [6, 6.07) is 7.89. The van der Waals surface area contributed by atoms with Gasteiger partial charge in [-0.2, -0.15) is 5.10 Å². The van der Waals surface area contributed by atoms with Gasteiger partial charge in [-0.1, -0.05) is 25.1 Å². The maximum absolute atomic E-state index is 5.83. The van der Waals surface area contributed by atoms with Crippen LogP contribution in [-0.4, -0.2) is 16.4 Å². The number of aryl methyl sites for hydroxylation is 1. The molecule has 0 atom stereocenters. The van der Waals surface area contributed by atoms with E-state index < -0.39 is 0 Å². The minimum Gasteiger partial charge on any atom is -0.491 e. The molecule has 0 unspecified atom stereocenters. The number of hydrogen-bond acceptors (Lipinski definition) is 3. The minimum atomic E-state index is 0.496. The molecule has 0 fully saturated rings. The van der Waals surface area contributed by atoms with Gasteiger partial charge in [0.15, 0.2) is 0 Å². The van der Waals surface area contributed by atoms with Crippen LogP contribution >= 0.6 is 0 Å². The van der Waals surface area contributed by atoms with Crippen LogP contribution in [0.5, 0.6) is 5.75 Å². The predicted molar refractivity (Wildman–Crippen MR) is 80.9 cm³/mol. The number of ether oxygens (including phenoxy) is 1. The van der Waals surface area contributed by atoms with Crippen molar-refractivity contribution in [2.75, 3.05) is 6.61 Å². The van der Waals surface area contributed by atoms with E-state index in [4.69, 9.17) is 10.5 Å². The van der Waals surface area contributed by atoms with E-state index in [0.29, 0.717) is 13.2 Å². The molecule has 0 amide bonds. The maximum atomic E-state index is 5.83. The third-order valence-electron chi connectivity index (χ3n) is 3.64. The summed E-state index contributed by atoms with van der Waals surface area (Å²) in [6.45, 7) is 8.19. The molecule has 1 aromatic heterocycles. The van der Waals surface area contributed by atoms with Gasteiger partial charge in [0.05, 0.1) is 12.2 Å². The van der Waals surface area contributed by atoms with Gasteiger partial charge in [0.2, 0.25) is 0 Å². The maximum Gasteiger partial charge on any atom is 0.123 e. The van der Waals surface area contributed by atoms with Crippen LogP contribution in [0.2, 0.25) is 0 Å². The zero-order valence-corrected chi connectivity index (χ0v) is 12.5. The van der Waals surface area contributed by atoms with Gasteiger partial charge in [-0.25, -0.2) is 0 Å². The van der Waals surface area contributed by atoms with E-state index in [1.54, 1.807) is 0 Å². The highest BCUT2D eigenvalue weighted by atomic mass is 16.5. The SMILES string of the molecule is CCc1c(C)nn(CCOc2ccccc2CN)c1C. The topological polar surface area (TPSA) is 53.1 Å². The van der Waals surface area contributed by atoms with E-state index in [-0.39, 0.29) is 0 Å². The highest BCUT2D eigenvalue weighted by Gasteiger charge is 2.09. The normalized spacial score (nSPS) is 10.8. The second-order valence-electron chi connectivity index (χ2n) is 4.89. The molecule has 0 radical (unpaired) electrons. The fourth-order valence-corrected chi connectivity index (χ4v) is 2.52. The summed E-state index contributed by atoms with van der Waals surface area (Å²) in [5, 5.41) is 4.57. The Balaban J connectivity index is 2.00. The Morgan fingerprint density at radius 3 is 2.65 bits per heavy atom. The van der Waals surface area contributed by atoms with Crippen molar-refractivity contribution < 1.29 is 4.74 Å². The fourth-order valence-electron chi connectivity index (χ4n) is 2.52. The number of nitrogens with two attached hydrogens (primary N) is 1. The molecule has 0 aliphatic rings. The van der Waals surface area contributed by atoms with Crippen LogP contribution in [0.4, 0.5) is 0 Å². The molecule has 4 nitrogen and oxygen atoms in total. The smallest absolute Gasteiger partial charge is 0.123 e. The number of para-hydroxylation sites is 1. The van der Waals surface area contributed by atoms with Crippen molar-refractivity contribution in [3.8, 4) is 5.75 Å². The molecule has 4 heteroatoms. The first-order valence-corrected chi connectivity index (χ1v) is 7.11. The van der Waals surface area contributed by atoms with Gasteiger partial charge in [-0.3, -0.25) is 4.68 Å². The van der Waals surface area contributed by atoms with E-state index in [1.807, 2.05) is 28.9 Å². The molecule has 0 aliphatic heterocycles. The second-order valence-corrected chi connectivity index (χ2v) is 4.89. The van der Waals surface area contributed by atoms with Crippen LogP contribution in [-0.2, 0) is 19.5 Å². The van der Waals surface area contributed by atoms with Gasteiger partial charge in [0.25, 0.3) is 0 Å². The molecule has 0 spiro atoms. The van der Waals surface area contributed by atoms with Crippen molar-refractivity contribution in [2.24, 2.45) is 5.73 Å². The largest absolute Gasteiger partial charge is 0.491 e. The first kappa shape index (κ1) is 14.6. The lowest BCUT2D eigenvalue weighted by molar-refractivity contribution is 0.287. The molecular weight excluding hydrogens is 250 g/mol. The van der Waals surface area contributed by atoms with Crippen molar-refractivity contribution in [1.82, 2.24) is 9.78 Å². The standard InChI is InChI=1S/C16H23N3O/c1-4-15-12(2)18-19(13(15)3)9-10-20-16-8-6-5-7-14(16)11-17/h5-8H,4,9-11,17H2,1-3H3. The first-order valence-electron chi connectivity index (χ1n) is 7.11. The van der Waals surface area contributed by atoms with Crippen molar-refractivity contribution in [1.29, 1.82) is 0 Å². The molecule has 1 aromatic carbocycles. The fraction of sp³-hybridized carbons (Fsp3) is 0.438. The quantitative estimate of drug-likeness (QED) is 0.880. The third-order valence-corrected chi connectivity index (χ3v) is 3.64. The Labute approximate surface area is 120 Å². The van der Waals surface area contributed by atoms with E-state index in [0.717, 1.165) is 30.0 Å². The van der Waals surface area contributed by atoms with E-state index in [2.05, 4.69) is 25.9 Å². The van der Waals surface area contributed by atoms with Gasteiger partial charge >= 0.3 is 0 Å². The highest BCUT2D eigenvalue weighted by Crippen LogP contribution is 2.17. The van der Waals surface area contributed by atoms with Gasteiger partial charge in [0, 0.05) is 17.8 Å². The van der Waals surface area contributed by atoms with Crippen LogP contribution in [0, 0.1) is 13.8 Å². The summed E-state index contributed by atoms with van der Waals surface area (Å²) >= 11 is 0. The third kappa shape index (κ3) is 3.02. The molecular formula is C16H23N3O. The summed E-state index contributed by atoms with van der Waals surface area (Å²) in [5.41, 5.74) is 10.4. The molecule has 0 aliphatic carbocycles. The van der Waals surface area contributed by atoms with Crippen molar-refractivity contribution in [2.45, 2.75) is 40.3 Å². The van der Waals surface area contributed by atoms with Crippen LogP contribution < -0.4 is 10.5 Å². The first-order chi connectivity index (χ1) is 9.67. The number of benzene rings is 1. The summed E-state index contributed by atoms with van der Waals surface area (Å²) in [7, 11) is 0. The zero-order valence-electron chi connectivity index (χ0n) is 12.5. The van der Waals surface area contributed by atoms with Crippen molar-refractivity contribution in [3.63, 3.8) is 0 Å².